The maximum absolute atomic E-state index is 12.7. The van der Waals surface area contributed by atoms with E-state index in [-0.39, 0.29) is 17.1 Å². The maximum Gasteiger partial charge on any atom is 0.226 e. The van der Waals surface area contributed by atoms with Crippen LogP contribution in [0, 0.1) is 30.1 Å². The van der Waals surface area contributed by atoms with Crippen LogP contribution in [-0.2, 0) is 11.2 Å². The number of halogens is 2. The molecule has 1 aromatic heterocycles. The van der Waals surface area contributed by atoms with Crippen LogP contribution >= 0.6 is 43.2 Å². The number of carbonyl (C=O) groups is 1. The number of anilines is 1. The van der Waals surface area contributed by atoms with E-state index in [9.17, 15) is 15.1 Å². The number of thiazole rings is 1. The summed E-state index contributed by atoms with van der Waals surface area (Å²) >= 11 is 8.64. The van der Waals surface area contributed by atoms with E-state index < -0.39 is 0 Å². The number of nitrogens with one attached hydrogen (secondary N) is 1. The number of hydrogen-bond donors (Lipinski definition) is 3. The van der Waals surface area contributed by atoms with E-state index in [4.69, 9.17) is 0 Å². The van der Waals surface area contributed by atoms with Crippen LogP contribution in [-0.4, -0.2) is 26.9 Å². The summed E-state index contributed by atoms with van der Waals surface area (Å²) in [6.45, 7) is 4.24. The molecule has 1 amide bonds. The minimum Gasteiger partial charge on any atom is -0.506 e. The molecule has 1 aromatic carbocycles. The van der Waals surface area contributed by atoms with Gasteiger partial charge in [-0.1, -0.05) is 12.1 Å². The second-order valence-corrected chi connectivity index (χ2v) is 13.1. The van der Waals surface area contributed by atoms with Gasteiger partial charge in [0.1, 0.15) is 5.75 Å². The standard InChI is InChI=1S/C25H29Br2N3O3S/c1-12-11-28-24(34-12)29-20(31)6-3-13-9-19(30-33)25(2)8-7-14-15(21(13)25)4-5-16-17(14)10-18(26)23(32)22(16)27/h10-11,13-15,21,32-33H,3-9H2,1-2H3,(H,28,29,31)/b30-19+/t13-,14?,15?,21?,25-/m1/s1. The molecule has 3 N–H and O–H groups in total. The van der Waals surface area contributed by atoms with Gasteiger partial charge in [-0.05, 0) is 118 Å². The van der Waals surface area contributed by atoms with Crippen molar-refractivity contribution in [1.82, 2.24) is 4.98 Å². The summed E-state index contributed by atoms with van der Waals surface area (Å²) in [5.74, 6) is 1.80. The molecule has 0 spiro atoms. The summed E-state index contributed by atoms with van der Waals surface area (Å²) in [5.41, 5.74) is 3.30. The number of aromatic hydroxyl groups is 1. The van der Waals surface area contributed by atoms with Crippen molar-refractivity contribution in [3.8, 4) is 5.75 Å². The molecule has 3 aliphatic rings. The number of fused-ring (bicyclic) bond motifs is 5. The number of aryl methyl sites for hydroxylation is 1. The summed E-state index contributed by atoms with van der Waals surface area (Å²) in [7, 11) is 0. The zero-order valence-corrected chi connectivity index (χ0v) is 23.3. The zero-order valence-electron chi connectivity index (χ0n) is 19.3. The molecule has 0 radical (unpaired) electrons. The number of hydrogen-bond acceptors (Lipinski definition) is 6. The SMILES string of the molecule is Cc1cnc(NC(=O)CC[C@@H]2C/C(=N\O)[C@@]3(C)CCC4c5cc(Br)c(O)c(Br)c5CCC4C23)s1. The Labute approximate surface area is 220 Å². The highest BCUT2D eigenvalue weighted by molar-refractivity contribution is 9.11. The number of rotatable bonds is 4. The Balaban J connectivity index is 1.39. The van der Waals surface area contributed by atoms with E-state index in [0.717, 1.165) is 58.1 Å². The Morgan fingerprint density at radius 1 is 1.38 bits per heavy atom. The van der Waals surface area contributed by atoms with Gasteiger partial charge in [0, 0.05) is 22.9 Å². The Morgan fingerprint density at radius 3 is 2.88 bits per heavy atom. The van der Waals surface area contributed by atoms with E-state index >= 15 is 0 Å². The van der Waals surface area contributed by atoms with Gasteiger partial charge in [-0.2, -0.15) is 0 Å². The fraction of sp³-hybridized carbons (Fsp3) is 0.560. The molecule has 0 aliphatic heterocycles. The zero-order chi connectivity index (χ0) is 24.2. The lowest BCUT2D eigenvalue weighted by molar-refractivity contribution is -0.116. The minimum absolute atomic E-state index is 0.00451. The van der Waals surface area contributed by atoms with Gasteiger partial charge >= 0.3 is 0 Å². The third kappa shape index (κ3) is 4.01. The van der Waals surface area contributed by atoms with Gasteiger partial charge in [0.05, 0.1) is 14.7 Å². The fourth-order valence-corrected chi connectivity index (χ4v) is 9.08. The second kappa shape index (κ2) is 9.21. The molecular formula is C25H29Br2N3O3S. The molecule has 182 valence electrons. The van der Waals surface area contributed by atoms with E-state index in [0.29, 0.717) is 35.2 Å². The lowest BCUT2D eigenvalue weighted by Crippen LogP contribution is -2.44. The summed E-state index contributed by atoms with van der Waals surface area (Å²) < 4.78 is 1.53. The summed E-state index contributed by atoms with van der Waals surface area (Å²) in [5, 5.41) is 27.6. The smallest absolute Gasteiger partial charge is 0.226 e. The van der Waals surface area contributed by atoms with Crippen LogP contribution < -0.4 is 5.32 Å². The quantitative estimate of drug-likeness (QED) is 0.256. The number of carbonyl (C=O) groups excluding carboxylic acids is 1. The van der Waals surface area contributed by atoms with Crippen molar-refractivity contribution in [2.24, 2.45) is 28.3 Å². The number of phenols is 1. The molecule has 0 bridgehead atoms. The van der Waals surface area contributed by atoms with Gasteiger partial charge in [-0.15, -0.1) is 11.3 Å². The lowest BCUT2D eigenvalue weighted by atomic mass is 9.54. The summed E-state index contributed by atoms with van der Waals surface area (Å²) in [4.78, 5) is 18.0. The monoisotopic (exact) mass is 609 g/mol. The molecule has 0 saturated heterocycles. The van der Waals surface area contributed by atoms with Crippen LogP contribution in [0.2, 0.25) is 0 Å². The first-order valence-electron chi connectivity index (χ1n) is 11.9. The molecule has 9 heteroatoms. The highest BCUT2D eigenvalue weighted by atomic mass is 79.9. The Morgan fingerprint density at radius 2 is 2.18 bits per heavy atom. The second-order valence-electron chi connectivity index (χ2n) is 10.3. The highest BCUT2D eigenvalue weighted by Crippen LogP contribution is 2.63. The Kier molecular flexibility index (Phi) is 6.57. The van der Waals surface area contributed by atoms with E-state index in [1.165, 1.54) is 22.5 Å². The van der Waals surface area contributed by atoms with Crippen molar-refractivity contribution in [1.29, 1.82) is 0 Å². The van der Waals surface area contributed by atoms with Crippen molar-refractivity contribution in [3.63, 3.8) is 0 Å². The van der Waals surface area contributed by atoms with Crippen LogP contribution in [0.25, 0.3) is 0 Å². The van der Waals surface area contributed by atoms with Gasteiger partial charge in [0.2, 0.25) is 5.91 Å². The van der Waals surface area contributed by atoms with Gasteiger partial charge in [0.25, 0.3) is 0 Å². The number of benzene rings is 1. The summed E-state index contributed by atoms with van der Waals surface area (Å²) in [6.07, 6.45) is 7.68. The lowest BCUT2D eigenvalue weighted by Gasteiger charge is -2.50. The third-order valence-electron chi connectivity index (χ3n) is 8.50. The maximum atomic E-state index is 12.7. The molecule has 3 aliphatic carbocycles. The van der Waals surface area contributed by atoms with E-state index in [2.05, 4.69) is 60.3 Å². The van der Waals surface area contributed by atoms with Crippen molar-refractivity contribution >= 4 is 59.9 Å². The van der Waals surface area contributed by atoms with Gasteiger partial charge in [-0.25, -0.2) is 4.98 Å². The molecule has 2 aromatic rings. The number of phenolic OH excluding ortho intramolecular Hbond substituents is 1. The molecule has 3 unspecified atom stereocenters. The normalized spacial score (nSPS) is 31.1. The summed E-state index contributed by atoms with van der Waals surface area (Å²) in [6, 6.07) is 2.10. The largest absolute Gasteiger partial charge is 0.506 e. The van der Waals surface area contributed by atoms with Crippen molar-refractivity contribution in [2.45, 2.75) is 64.7 Å². The average Bonchev–Trinajstić information content (AvgIpc) is 3.35. The fourth-order valence-electron chi connectivity index (χ4n) is 7.05. The highest BCUT2D eigenvalue weighted by Gasteiger charge is 2.57. The number of oxime groups is 1. The van der Waals surface area contributed by atoms with Crippen molar-refractivity contribution in [3.05, 3.63) is 37.2 Å². The van der Waals surface area contributed by atoms with Gasteiger partial charge < -0.3 is 15.6 Å². The molecule has 6 nitrogen and oxygen atoms in total. The third-order valence-corrected chi connectivity index (χ3v) is 10.8. The first-order chi connectivity index (χ1) is 16.2. The Hall–Kier alpha value is -1.45. The first-order valence-corrected chi connectivity index (χ1v) is 14.3. The predicted molar refractivity (Wildman–Crippen MR) is 141 cm³/mol. The van der Waals surface area contributed by atoms with E-state index in [1.807, 2.05) is 6.92 Å². The van der Waals surface area contributed by atoms with Crippen LogP contribution in [0.3, 0.4) is 0 Å². The molecular weight excluding hydrogens is 582 g/mol. The van der Waals surface area contributed by atoms with Crippen LogP contribution in [0.1, 0.15) is 67.4 Å². The van der Waals surface area contributed by atoms with Crippen LogP contribution in [0.4, 0.5) is 5.13 Å². The minimum atomic E-state index is -0.133. The average molecular weight is 611 g/mol. The molecule has 2 fully saturated rings. The van der Waals surface area contributed by atoms with Crippen LogP contribution in [0.15, 0.2) is 26.4 Å². The topological polar surface area (TPSA) is 94.8 Å². The number of aromatic nitrogens is 1. The first kappa shape index (κ1) is 24.3. The molecule has 1 heterocycles. The van der Waals surface area contributed by atoms with Gasteiger partial charge in [0.15, 0.2) is 5.13 Å². The Bertz CT molecular complexity index is 1170. The van der Waals surface area contributed by atoms with Gasteiger partial charge in [-0.3, -0.25) is 4.79 Å². The molecule has 2 saturated carbocycles. The van der Waals surface area contributed by atoms with E-state index in [1.54, 1.807) is 6.20 Å². The molecule has 5 atom stereocenters. The van der Waals surface area contributed by atoms with Crippen molar-refractivity contribution in [2.75, 3.05) is 5.32 Å². The number of nitrogens with zero attached hydrogens (tertiary/aromatic N) is 2. The van der Waals surface area contributed by atoms with Crippen molar-refractivity contribution < 1.29 is 15.1 Å². The number of amides is 1. The molecule has 34 heavy (non-hydrogen) atoms. The van der Waals surface area contributed by atoms with Crippen LogP contribution in [0.5, 0.6) is 5.75 Å². The molecule has 5 rings (SSSR count). The predicted octanol–water partition coefficient (Wildman–Crippen LogP) is 7.01.